The van der Waals surface area contributed by atoms with Crippen molar-refractivity contribution in [1.29, 1.82) is 0 Å². The molecule has 2 heterocycles. The lowest BCUT2D eigenvalue weighted by Crippen LogP contribution is -2.16. The SMILES string of the molecule is CC1(C)c2cc(N(c3ccc(-c4cccc5c4Sc4c(ccc6c4-c4ccccc4C6(C)C)S5)cc3)c3cccc4ccccc34)ccc2-c2c1ccc1c2Sc2ccccc2S1. The van der Waals surface area contributed by atoms with Crippen LogP contribution in [0.5, 0.6) is 0 Å². The fourth-order valence-electron chi connectivity index (χ4n) is 10.6. The van der Waals surface area contributed by atoms with E-state index in [1.54, 1.807) is 0 Å². The predicted octanol–water partition coefficient (Wildman–Crippen LogP) is 17.8. The Labute approximate surface area is 386 Å². The molecule has 302 valence electrons. The summed E-state index contributed by atoms with van der Waals surface area (Å²) in [6.45, 7) is 9.56. The first-order valence-corrected chi connectivity index (χ1v) is 24.9. The molecule has 4 aliphatic rings. The third kappa shape index (κ3) is 5.63. The molecule has 1 nitrogen and oxygen atoms in total. The molecule has 63 heavy (non-hydrogen) atoms. The largest absolute Gasteiger partial charge is 0.310 e. The molecule has 0 amide bonds. The second kappa shape index (κ2) is 14.0. The van der Waals surface area contributed by atoms with Gasteiger partial charge in [0.2, 0.25) is 0 Å². The molecule has 9 aromatic carbocycles. The smallest absolute Gasteiger partial charge is 0.0540 e. The van der Waals surface area contributed by atoms with Crippen LogP contribution in [0.2, 0.25) is 0 Å². The Hall–Kier alpha value is -5.56. The first-order chi connectivity index (χ1) is 30.7. The first-order valence-electron chi connectivity index (χ1n) is 21.7. The van der Waals surface area contributed by atoms with Crippen molar-refractivity contribution in [2.24, 2.45) is 0 Å². The van der Waals surface area contributed by atoms with Gasteiger partial charge in [-0.15, -0.1) is 0 Å². The summed E-state index contributed by atoms with van der Waals surface area (Å²) in [5.74, 6) is 0. The highest BCUT2D eigenvalue weighted by Gasteiger charge is 2.41. The minimum absolute atomic E-state index is 0.0269. The predicted molar refractivity (Wildman–Crippen MR) is 269 cm³/mol. The number of benzene rings is 9. The summed E-state index contributed by atoms with van der Waals surface area (Å²) in [5, 5.41) is 2.46. The highest BCUT2D eigenvalue weighted by Crippen LogP contribution is 2.61. The van der Waals surface area contributed by atoms with Crippen LogP contribution >= 0.6 is 47.0 Å². The summed E-state index contributed by atoms with van der Waals surface area (Å²) >= 11 is 7.70. The van der Waals surface area contributed by atoms with Gasteiger partial charge in [-0.05, 0) is 111 Å². The van der Waals surface area contributed by atoms with Crippen LogP contribution in [0.15, 0.2) is 215 Å². The summed E-state index contributed by atoms with van der Waals surface area (Å²) in [6, 6.07) is 66.2. The van der Waals surface area contributed by atoms with Crippen LogP contribution in [0.25, 0.3) is 44.2 Å². The van der Waals surface area contributed by atoms with E-state index in [1.165, 1.54) is 111 Å². The molecule has 0 fully saturated rings. The van der Waals surface area contributed by atoms with Crippen molar-refractivity contribution in [3.05, 3.63) is 198 Å². The molecule has 0 saturated carbocycles. The summed E-state index contributed by atoms with van der Waals surface area (Å²) in [6.07, 6.45) is 0. The zero-order chi connectivity index (χ0) is 42.2. The lowest BCUT2D eigenvalue weighted by atomic mass is 9.82. The number of hydrogen-bond donors (Lipinski definition) is 0. The fraction of sp³-hybridized carbons (Fsp3) is 0.103. The minimum Gasteiger partial charge on any atom is -0.310 e. The second-order valence-corrected chi connectivity index (χ2v) is 22.3. The highest BCUT2D eigenvalue weighted by atomic mass is 32.2. The van der Waals surface area contributed by atoms with Crippen molar-refractivity contribution in [1.82, 2.24) is 0 Å². The number of nitrogens with zero attached hydrogens (tertiary/aromatic N) is 1. The first kappa shape index (κ1) is 37.9. The van der Waals surface area contributed by atoms with E-state index >= 15 is 0 Å². The minimum atomic E-state index is -0.162. The summed E-state index contributed by atoms with van der Waals surface area (Å²) in [7, 11) is 0. The van der Waals surface area contributed by atoms with Crippen LogP contribution in [0.4, 0.5) is 17.1 Å². The average molecular weight is 880 g/mol. The van der Waals surface area contributed by atoms with E-state index in [0.717, 1.165) is 11.4 Å². The standard InChI is InChI=1S/C58H41NS4/c1-57(2)42-18-8-7-16-40(42)52-43(57)29-32-51-56(52)63-54-39(17-12-22-49(54)61-51)35-23-25-36(26-24-35)59(46-19-11-14-34-13-5-6-15-38(34)46)37-27-28-41-45(33-37)58(3,4)44-30-31-50-55(53(41)44)62-48-21-10-9-20-47(48)60-50/h5-33H,1-4H3. The van der Waals surface area contributed by atoms with Gasteiger partial charge in [-0.25, -0.2) is 0 Å². The molecule has 9 aromatic rings. The van der Waals surface area contributed by atoms with E-state index in [1.807, 2.05) is 47.0 Å². The van der Waals surface area contributed by atoms with Gasteiger partial charge in [-0.3, -0.25) is 0 Å². The summed E-state index contributed by atoms with van der Waals surface area (Å²) < 4.78 is 0. The van der Waals surface area contributed by atoms with Gasteiger partial charge in [0.15, 0.2) is 0 Å². The van der Waals surface area contributed by atoms with Gasteiger partial charge in [0.05, 0.1) is 5.69 Å². The van der Waals surface area contributed by atoms with Gasteiger partial charge in [-0.1, -0.05) is 190 Å². The quantitative estimate of drug-likeness (QED) is 0.173. The Kier molecular flexibility index (Phi) is 8.41. The topological polar surface area (TPSA) is 3.24 Å². The van der Waals surface area contributed by atoms with Gasteiger partial charge in [-0.2, -0.15) is 0 Å². The van der Waals surface area contributed by atoms with Gasteiger partial charge in [0.25, 0.3) is 0 Å². The Bertz CT molecular complexity index is 3410. The van der Waals surface area contributed by atoms with Gasteiger partial charge >= 0.3 is 0 Å². The summed E-state index contributed by atoms with van der Waals surface area (Å²) in [4.78, 5) is 13.3. The fourth-order valence-corrected chi connectivity index (χ4v) is 15.6. The average Bonchev–Trinajstić information content (AvgIpc) is 3.70. The highest BCUT2D eigenvalue weighted by molar-refractivity contribution is 8.05. The van der Waals surface area contributed by atoms with E-state index in [-0.39, 0.29) is 10.8 Å². The summed E-state index contributed by atoms with van der Waals surface area (Å²) in [5.41, 5.74) is 17.0. The van der Waals surface area contributed by atoms with Crippen LogP contribution in [0.1, 0.15) is 49.9 Å². The number of hydrogen-bond acceptors (Lipinski definition) is 5. The van der Waals surface area contributed by atoms with Gasteiger partial charge in [0, 0.05) is 77.9 Å². The van der Waals surface area contributed by atoms with Gasteiger partial charge < -0.3 is 4.90 Å². The monoisotopic (exact) mass is 879 g/mol. The van der Waals surface area contributed by atoms with Crippen molar-refractivity contribution in [3.8, 4) is 33.4 Å². The maximum atomic E-state index is 2.48. The van der Waals surface area contributed by atoms with Crippen LogP contribution in [0.3, 0.4) is 0 Å². The zero-order valence-electron chi connectivity index (χ0n) is 35.3. The molecule has 0 saturated heterocycles. The molecule has 0 aromatic heterocycles. The zero-order valence-corrected chi connectivity index (χ0v) is 38.6. The number of rotatable bonds is 4. The maximum Gasteiger partial charge on any atom is 0.0540 e. The molecule has 0 atom stereocenters. The van der Waals surface area contributed by atoms with Gasteiger partial charge in [0.1, 0.15) is 0 Å². The van der Waals surface area contributed by atoms with Crippen LogP contribution in [-0.2, 0) is 10.8 Å². The molecular formula is C58H41NS4. The van der Waals surface area contributed by atoms with E-state index in [9.17, 15) is 0 Å². The maximum absolute atomic E-state index is 2.48. The molecule has 0 spiro atoms. The lowest BCUT2D eigenvalue weighted by Gasteiger charge is -2.29. The van der Waals surface area contributed by atoms with E-state index in [2.05, 4.69) is 209 Å². The Morgan fingerprint density at radius 2 is 0.921 bits per heavy atom. The third-order valence-corrected chi connectivity index (χ3v) is 19.0. The third-order valence-electron chi connectivity index (χ3n) is 13.8. The molecule has 2 aliphatic heterocycles. The number of fused-ring (bicyclic) bond motifs is 13. The molecule has 5 heteroatoms. The molecular weight excluding hydrogens is 839 g/mol. The molecule has 0 radical (unpaired) electrons. The molecule has 2 aliphatic carbocycles. The normalized spacial score (nSPS) is 15.3. The van der Waals surface area contributed by atoms with Crippen molar-refractivity contribution in [2.75, 3.05) is 4.90 Å². The Morgan fingerprint density at radius 3 is 1.71 bits per heavy atom. The van der Waals surface area contributed by atoms with E-state index in [0.29, 0.717) is 0 Å². The van der Waals surface area contributed by atoms with E-state index < -0.39 is 0 Å². The molecule has 0 bridgehead atoms. The number of anilines is 3. The lowest BCUT2D eigenvalue weighted by molar-refractivity contribution is 0.658. The van der Waals surface area contributed by atoms with Crippen molar-refractivity contribution >= 4 is 74.9 Å². The van der Waals surface area contributed by atoms with Crippen molar-refractivity contribution in [2.45, 2.75) is 77.7 Å². The van der Waals surface area contributed by atoms with Crippen LogP contribution in [-0.4, -0.2) is 0 Å². The van der Waals surface area contributed by atoms with E-state index in [4.69, 9.17) is 0 Å². The second-order valence-electron chi connectivity index (χ2n) is 18.0. The Balaban J connectivity index is 0.917. The molecule has 0 unspecified atom stereocenters. The van der Waals surface area contributed by atoms with Crippen LogP contribution in [0, 0.1) is 0 Å². The van der Waals surface area contributed by atoms with Crippen LogP contribution < -0.4 is 4.90 Å². The van der Waals surface area contributed by atoms with Crippen molar-refractivity contribution in [3.63, 3.8) is 0 Å². The molecule has 13 rings (SSSR count). The van der Waals surface area contributed by atoms with Crippen molar-refractivity contribution < 1.29 is 0 Å². The molecule has 0 N–H and O–H groups in total. The Morgan fingerprint density at radius 1 is 0.365 bits per heavy atom.